The Labute approximate surface area is 98.8 Å². The molecule has 0 N–H and O–H groups in total. The van der Waals surface area contributed by atoms with E-state index in [0.717, 1.165) is 5.92 Å². The topological polar surface area (TPSA) is 3.24 Å². The van der Waals surface area contributed by atoms with E-state index in [0.29, 0.717) is 0 Å². The Balaban J connectivity index is 2.13. The van der Waals surface area contributed by atoms with E-state index in [-0.39, 0.29) is 0 Å². The molecule has 1 aliphatic heterocycles. The van der Waals surface area contributed by atoms with E-state index in [2.05, 4.69) is 42.8 Å². The Kier molecular flexibility index (Phi) is 3.79. The minimum Gasteiger partial charge on any atom is -0.306 e. The fourth-order valence-electron chi connectivity index (χ4n) is 2.51. The van der Waals surface area contributed by atoms with Crippen molar-refractivity contribution in [3.05, 3.63) is 42.0 Å². The monoisotopic (exact) mass is 215 g/mol. The number of rotatable bonds is 2. The maximum Gasteiger partial charge on any atom is -0.00160 e. The van der Waals surface area contributed by atoms with E-state index in [9.17, 15) is 0 Å². The van der Waals surface area contributed by atoms with Crippen molar-refractivity contribution in [2.24, 2.45) is 0 Å². The molecule has 1 heteroatoms. The van der Waals surface area contributed by atoms with Crippen molar-refractivity contribution in [3.63, 3.8) is 0 Å². The molecule has 16 heavy (non-hydrogen) atoms. The normalized spacial score (nSPS) is 22.7. The van der Waals surface area contributed by atoms with Crippen LogP contribution in [0.15, 0.2) is 30.8 Å². The van der Waals surface area contributed by atoms with Crippen LogP contribution in [0.2, 0.25) is 0 Å². The third kappa shape index (κ3) is 2.73. The molecule has 1 aromatic carbocycles. The molecule has 1 nitrogen and oxygen atoms in total. The lowest BCUT2D eigenvalue weighted by Crippen LogP contribution is -2.18. The van der Waals surface area contributed by atoms with Crippen molar-refractivity contribution in [1.82, 2.24) is 4.90 Å². The molecule has 0 aromatic heterocycles. The van der Waals surface area contributed by atoms with Gasteiger partial charge in [-0.25, -0.2) is 0 Å². The summed E-state index contributed by atoms with van der Waals surface area (Å²) in [6.07, 6.45) is 5.87. The number of hydrogen-bond acceptors (Lipinski definition) is 1. The molecule has 1 unspecified atom stereocenters. The summed E-state index contributed by atoms with van der Waals surface area (Å²) in [6.45, 7) is 6.31. The van der Waals surface area contributed by atoms with Crippen molar-refractivity contribution < 1.29 is 0 Å². The van der Waals surface area contributed by atoms with Crippen molar-refractivity contribution in [3.8, 4) is 0 Å². The van der Waals surface area contributed by atoms with Crippen molar-refractivity contribution in [1.29, 1.82) is 0 Å². The van der Waals surface area contributed by atoms with Crippen molar-refractivity contribution >= 4 is 6.08 Å². The lowest BCUT2D eigenvalue weighted by Gasteiger charge is -2.15. The quantitative estimate of drug-likeness (QED) is 0.729. The van der Waals surface area contributed by atoms with Crippen LogP contribution in [-0.2, 0) is 0 Å². The van der Waals surface area contributed by atoms with Gasteiger partial charge in [0, 0.05) is 0 Å². The molecule has 1 aromatic rings. The van der Waals surface area contributed by atoms with E-state index in [1.165, 1.54) is 43.5 Å². The summed E-state index contributed by atoms with van der Waals surface area (Å²) >= 11 is 0. The standard InChI is InChI=1S/C15H21N/c1-3-13-6-4-7-15(12-13)14-8-5-10-16(2)11-9-14/h3-4,6-7,12,14H,1,5,8-11H2,2H3. The zero-order valence-corrected chi connectivity index (χ0v) is 10.2. The van der Waals surface area contributed by atoms with Crippen LogP contribution in [0.4, 0.5) is 0 Å². The molecule has 0 aliphatic carbocycles. The Bertz CT molecular complexity index is 356. The van der Waals surface area contributed by atoms with Crippen LogP contribution < -0.4 is 0 Å². The highest BCUT2D eigenvalue weighted by molar-refractivity contribution is 5.48. The molecule has 1 saturated heterocycles. The molecule has 0 amide bonds. The molecule has 1 heterocycles. The minimum absolute atomic E-state index is 0.741. The minimum atomic E-state index is 0.741. The smallest absolute Gasteiger partial charge is 0.00160 e. The van der Waals surface area contributed by atoms with Gasteiger partial charge in [0.25, 0.3) is 0 Å². The highest BCUT2D eigenvalue weighted by Crippen LogP contribution is 2.28. The van der Waals surface area contributed by atoms with Gasteiger partial charge >= 0.3 is 0 Å². The summed E-state index contributed by atoms with van der Waals surface area (Å²) in [5.41, 5.74) is 2.74. The molecule has 1 atom stereocenters. The fourth-order valence-corrected chi connectivity index (χ4v) is 2.51. The summed E-state index contributed by atoms with van der Waals surface area (Å²) in [6, 6.07) is 8.84. The van der Waals surface area contributed by atoms with Crippen LogP contribution in [0.1, 0.15) is 36.3 Å². The summed E-state index contributed by atoms with van der Waals surface area (Å²) in [5, 5.41) is 0. The Morgan fingerprint density at radius 2 is 2.19 bits per heavy atom. The predicted molar refractivity (Wildman–Crippen MR) is 70.6 cm³/mol. The second kappa shape index (κ2) is 5.31. The predicted octanol–water partition coefficient (Wildman–Crippen LogP) is 3.53. The van der Waals surface area contributed by atoms with Gasteiger partial charge in [-0.1, -0.05) is 36.9 Å². The van der Waals surface area contributed by atoms with Gasteiger partial charge in [-0.15, -0.1) is 0 Å². The van der Waals surface area contributed by atoms with Gasteiger partial charge in [-0.3, -0.25) is 0 Å². The van der Waals surface area contributed by atoms with Crippen LogP contribution in [-0.4, -0.2) is 25.0 Å². The van der Waals surface area contributed by atoms with Gasteiger partial charge in [0.2, 0.25) is 0 Å². The molecule has 0 saturated carbocycles. The van der Waals surface area contributed by atoms with Crippen LogP contribution in [0, 0.1) is 0 Å². The Morgan fingerprint density at radius 1 is 1.31 bits per heavy atom. The van der Waals surface area contributed by atoms with Crippen LogP contribution >= 0.6 is 0 Å². The molecular formula is C15H21N. The van der Waals surface area contributed by atoms with Gasteiger partial charge in [-0.05, 0) is 56.4 Å². The molecule has 0 radical (unpaired) electrons. The first kappa shape index (κ1) is 11.4. The molecule has 2 rings (SSSR count). The summed E-state index contributed by atoms with van der Waals surface area (Å²) < 4.78 is 0. The van der Waals surface area contributed by atoms with E-state index in [1.807, 2.05) is 6.08 Å². The lowest BCUT2D eigenvalue weighted by molar-refractivity contribution is 0.347. The summed E-state index contributed by atoms with van der Waals surface area (Å²) in [5.74, 6) is 0.741. The first-order valence-electron chi connectivity index (χ1n) is 6.20. The molecule has 0 spiro atoms. The SMILES string of the molecule is C=Cc1cccc(C2CCCN(C)CC2)c1. The maximum absolute atomic E-state index is 3.84. The highest BCUT2D eigenvalue weighted by atomic mass is 15.1. The molecule has 0 bridgehead atoms. The zero-order chi connectivity index (χ0) is 11.4. The largest absolute Gasteiger partial charge is 0.306 e. The molecule has 86 valence electrons. The number of nitrogens with zero attached hydrogens (tertiary/aromatic N) is 1. The number of benzene rings is 1. The van der Waals surface area contributed by atoms with E-state index >= 15 is 0 Å². The van der Waals surface area contributed by atoms with Crippen molar-refractivity contribution in [2.45, 2.75) is 25.2 Å². The van der Waals surface area contributed by atoms with E-state index in [1.54, 1.807) is 0 Å². The molecule has 1 fully saturated rings. The van der Waals surface area contributed by atoms with Gasteiger partial charge in [0.1, 0.15) is 0 Å². The highest BCUT2D eigenvalue weighted by Gasteiger charge is 2.16. The van der Waals surface area contributed by atoms with Gasteiger partial charge in [0.15, 0.2) is 0 Å². The second-order valence-corrected chi connectivity index (χ2v) is 4.81. The average molecular weight is 215 g/mol. The summed E-state index contributed by atoms with van der Waals surface area (Å²) in [7, 11) is 2.22. The zero-order valence-electron chi connectivity index (χ0n) is 10.2. The number of likely N-dealkylation sites (tertiary alicyclic amines) is 1. The van der Waals surface area contributed by atoms with E-state index in [4.69, 9.17) is 0 Å². The first-order chi connectivity index (χ1) is 7.79. The van der Waals surface area contributed by atoms with Gasteiger partial charge in [-0.2, -0.15) is 0 Å². The Hall–Kier alpha value is -1.08. The summed E-state index contributed by atoms with van der Waals surface area (Å²) in [4.78, 5) is 2.44. The molecule has 1 aliphatic rings. The molecular weight excluding hydrogens is 194 g/mol. The third-order valence-electron chi connectivity index (χ3n) is 3.57. The first-order valence-corrected chi connectivity index (χ1v) is 6.20. The third-order valence-corrected chi connectivity index (χ3v) is 3.57. The Morgan fingerprint density at radius 3 is 3.00 bits per heavy atom. The number of hydrogen-bond donors (Lipinski definition) is 0. The van der Waals surface area contributed by atoms with Crippen molar-refractivity contribution in [2.75, 3.05) is 20.1 Å². The second-order valence-electron chi connectivity index (χ2n) is 4.81. The van der Waals surface area contributed by atoms with Crippen LogP contribution in [0.3, 0.4) is 0 Å². The maximum atomic E-state index is 3.84. The van der Waals surface area contributed by atoms with Crippen LogP contribution in [0.5, 0.6) is 0 Å². The van der Waals surface area contributed by atoms with Gasteiger partial charge < -0.3 is 4.90 Å². The average Bonchev–Trinajstić information content (AvgIpc) is 2.54. The van der Waals surface area contributed by atoms with E-state index < -0.39 is 0 Å². The van der Waals surface area contributed by atoms with Crippen LogP contribution in [0.25, 0.3) is 6.08 Å². The lowest BCUT2D eigenvalue weighted by atomic mass is 9.91. The van der Waals surface area contributed by atoms with Gasteiger partial charge in [0.05, 0.1) is 0 Å². The fraction of sp³-hybridized carbons (Fsp3) is 0.467.